The number of carbonyl (C=O) groups is 1. The highest BCUT2D eigenvalue weighted by Crippen LogP contribution is 2.21. The summed E-state index contributed by atoms with van der Waals surface area (Å²) >= 11 is 0. The number of nitrogens with two attached hydrogens (primary N) is 1. The van der Waals surface area contributed by atoms with Gasteiger partial charge < -0.3 is 15.6 Å². The molecule has 2 aromatic rings. The molecule has 0 spiro atoms. The normalized spacial score (nSPS) is 12.6. The van der Waals surface area contributed by atoms with Gasteiger partial charge in [0, 0.05) is 18.3 Å². The third-order valence-electron chi connectivity index (χ3n) is 2.88. The largest absolute Gasteiger partial charge is 0.352 e. The van der Waals surface area contributed by atoms with Crippen molar-refractivity contribution in [1.29, 1.82) is 0 Å². The summed E-state index contributed by atoms with van der Waals surface area (Å²) in [4.78, 5) is 16.4. The molecule has 0 saturated heterocycles. The van der Waals surface area contributed by atoms with Crippen molar-refractivity contribution in [3.8, 4) is 0 Å². The Bertz CT molecular complexity index is 604. The summed E-state index contributed by atoms with van der Waals surface area (Å²) in [6.45, 7) is 6.06. The number of hydrogen-bond acceptors (Lipinski definition) is 5. The minimum Gasteiger partial charge on any atom is -0.352 e. The van der Waals surface area contributed by atoms with Gasteiger partial charge in [0.25, 0.3) is 11.6 Å². The Kier molecular flexibility index (Phi) is 3.80. The standard InChI is InChI=1S/C13H18N4O2/c1-7(14)4-5-15-12(18)10-6-8(2)16-13-11(10)9(3)17-19-13/h6-7H,4-5,14H2,1-3H3,(H,15,18). The van der Waals surface area contributed by atoms with Gasteiger partial charge in [-0.05, 0) is 33.3 Å². The monoisotopic (exact) mass is 262 g/mol. The number of fused-ring (bicyclic) bond motifs is 1. The molecule has 1 unspecified atom stereocenters. The molecule has 0 aliphatic carbocycles. The van der Waals surface area contributed by atoms with Crippen LogP contribution in [-0.4, -0.2) is 28.6 Å². The van der Waals surface area contributed by atoms with Crippen LogP contribution in [0.1, 0.15) is 35.1 Å². The Balaban J connectivity index is 2.28. The predicted octanol–water partition coefficient (Wildman–Crippen LogP) is 1.31. The zero-order valence-electron chi connectivity index (χ0n) is 11.4. The van der Waals surface area contributed by atoms with Gasteiger partial charge in [-0.3, -0.25) is 4.79 Å². The lowest BCUT2D eigenvalue weighted by Gasteiger charge is -2.08. The van der Waals surface area contributed by atoms with E-state index in [-0.39, 0.29) is 11.9 Å². The van der Waals surface area contributed by atoms with Crippen molar-refractivity contribution < 1.29 is 9.32 Å². The first-order valence-electron chi connectivity index (χ1n) is 6.26. The number of hydrogen-bond donors (Lipinski definition) is 2. The van der Waals surface area contributed by atoms with Crippen molar-refractivity contribution >= 4 is 17.0 Å². The van der Waals surface area contributed by atoms with Gasteiger partial charge in [-0.1, -0.05) is 5.16 Å². The second-order valence-electron chi connectivity index (χ2n) is 4.78. The van der Waals surface area contributed by atoms with E-state index in [9.17, 15) is 4.79 Å². The molecular formula is C13H18N4O2. The van der Waals surface area contributed by atoms with Crippen molar-refractivity contribution in [3.63, 3.8) is 0 Å². The van der Waals surface area contributed by atoms with E-state index in [0.717, 1.165) is 12.1 Å². The molecule has 6 nitrogen and oxygen atoms in total. The molecule has 0 bridgehead atoms. The van der Waals surface area contributed by atoms with Crippen molar-refractivity contribution in [2.24, 2.45) is 5.73 Å². The van der Waals surface area contributed by atoms with Crippen LogP contribution in [-0.2, 0) is 0 Å². The van der Waals surface area contributed by atoms with E-state index < -0.39 is 0 Å². The van der Waals surface area contributed by atoms with Gasteiger partial charge in [0.15, 0.2) is 0 Å². The number of amides is 1. The topological polar surface area (TPSA) is 94.0 Å². The summed E-state index contributed by atoms with van der Waals surface area (Å²) in [7, 11) is 0. The fourth-order valence-electron chi connectivity index (χ4n) is 1.91. The highest BCUT2D eigenvalue weighted by Gasteiger charge is 2.17. The lowest BCUT2D eigenvalue weighted by Crippen LogP contribution is -2.29. The van der Waals surface area contributed by atoms with Crippen LogP contribution in [0, 0.1) is 13.8 Å². The number of carbonyl (C=O) groups excluding carboxylic acids is 1. The molecular weight excluding hydrogens is 244 g/mol. The van der Waals surface area contributed by atoms with E-state index in [0.29, 0.717) is 28.9 Å². The Morgan fingerprint density at radius 1 is 1.53 bits per heavy atom. The number of aromatic nitrogens is 2. The third-order valence-corrected chi connectivity index (χ3v) is 2.88. The summed E-state index contributed by atoms with van der Waals surface area (Å²) in [5, 5.41) is 7.37. The molecule has 2 rings (SSSR count). The van der Waals surface area contributed by atoms with Crippen molar-refractivity contribution in [2.45, 2.75) is 33.2 Å². The highest BCUT2D eigenvalue weighted by molar-refractivity contribution is 6.05. The maximum atomic E-state index is 12.2. The van der Waals surface area contributed by atoms with Gasteiger partial charge in [0.05, 0.1) is 16.6 Å². The highest BCUT2D eigenvalue weighted by atomic mass is 16.5. The zero-order valence-corrected chi connectivity index (χ0v) is 11.4. The molecule has 0 radical (unpaired) electrons. The van der Waals surface area contributed by atoms with Crippen molar-refractivity contribution in [3.05, 3.63) is 23.0 Å². The van der Waals surface area contributed by atoms with Crippen molar-refractivity contribution in [2.75, 3.05) is 6.54 Å². The maximum Gasteiger partial charge on any atom is 0.258 e. The van der Waals surface area contributed by atoms with Crippen LogP contribution in [0.5, 0.6) is 0 Å². The molecule has 3 N–H and O–H groups in total. The first kappa shape index (κ1) is 13.5. The molecule has 0 aliphatic heterocycles. The first-order chi connectivity index (χ1) is 8.99. The molecule has 19 heavy (non-hydrogen) atoms. The van der Waals surface area contributed by atoms with E-state index in [1.807, 2.05) is 13.8 Å². The number of nitrogens with zero attached hydrogens (tertiary/aromatic N) is 2. The van der Waals surface area contributed by atoms with Crippen LogP contribution in [0.3, 0.4) is 0 Å². The van der Waals surface area contributed by atoms with E-state index in [1.54, 1.807) is 13.0 Å². The van der Waals surface area contributed by atoms with Gasteiger partial charge in [-0.25, -0.2) is 4.98 Å². The fourth-order valence-corrected chi connectivity index (χ4v) is 1.91. The average molecular weight is 262 g/mol. The predicted molar refractivity (Wildman–Crippen MR) is 71.9 cm³/mol. The Morgan fingerprint density at radius 2 is 2.26 bits per heavy atom. The Morgan fingerprint density at radius 3 is 2.95 bits per heavy atom. The van der Waals surface area contributed by atoms with Crippen LogP contribution in [0.2, 0.25) is 0 Å². The minimum atomic E-state index is -0.151. The average Bonchev–Trinajstić information content (AvgIpc) is 2.69. The molecule has 0 aromatic carbocycles. The van der Waals surface area contributed by atoms with E-state index in [4.69, 9.17) is 10.3 Å². The second kappa shape index (κ2) is 5.36. The van der Waals surface area contributed by atoms with Gasteiger partial charge in [0.2, 0.25) is 0 Å². The number of rotatable bonds is 4. The zero-order chi connectivity index (χ0) is 14.0. The smallest absolute Gasteiger partial charge is 0.258 e. The fraction of sp³-hybridized carbons (Fsp3) is 0.462. The molecule has 2 aromatic heterocycles. The van der Waals surface area contributed by atoms with Gasteiger partial charge in [-0.2, -0.15) is 0 Å². The van der Waals surface area contributed by atoms with Crippen LogP contribution in [0.15, 0.2) is 10.6 Å². The Labute approximate surface area is 111 Å². The number of pyridine rings is 1. The summed E-state index contributed by atoms with van der Waals surface area (Å²) in [6, 6.07) is 1.81. The quantitative estimate of drug-likeness (QED) is 0.866. The molecule has 2 heterocycles. The van der Waals surface area contributed by atoms with Gasteiger partial charge >= 0.3 is 0 Å². The van der Waals surface area contributed by atoms with Gasteiger partial charge in [0.1, 0.15) is 0 Å². The molecule has 0 aliphatic rings. The summed E-state index contributed by atoms with van der Waals surface area (Å²) < 4.78 is 5.10. The second-order valence-corrected chi connectivity index (χ2v) is 4.78. The molecule has 102 valence electrons. The molecule has 0 fully saturated rings. The summed E-state index contributed by atoms with van der Waals surface area (Å²) in [6.07, 6.45) is 0.738. The lowest BCUT2D eigenvalue weighted by molar-refractivity contribution is 0.0954. The summed E-state index contributed by atoms with van der Waals surface area (Å²) in [5.74, 6) is -0.151. The van der Waals surface area contributed by atoms with E-state index in [1.165, 1.54) is 0 Å². The Hall–Kier alpha value is -1.95. The molecule has 1 atom stereocenters. The lowest BCUT2D eigenvalue weighted by atomic mass is 10.1. The van der Waals surface area contributed by atoms with Gasteiger partial charge in [-0.15, -0.1) is 0 Å². The van der Waals surface area contributed by atoms with Crippen LogP contribution in [0.4, 0.5) is 0 Å². The molecule has 1 amide bonds. The van der Waals surface area contributed by atoms with Crippen molar-refractivity contribution in [1.82, 2.24) is 15.5 Å². The van der Waals surface area contributed by atoms with E-state index in [2.05, 4.69) is 15.5 Å². The summed E-state index contributed by atoms with van der Waals surface area (Å²) in [5.41, 5.74) is 7.99. The number of aryl methyl sites for hydroxylation is 2. The maximum absolute atomic E-state index is 12.2. The van der Waals surface area contributed by atoms with Crippen LogP contribution in [0.25, 0.3) is 11.1 Å². The SMILES string of the molecule is Cc1cc(C(=O)NCCC(C)N)c2c(C)noc2n1. The van der Waals surface area contributed by atoms with E-state index >= 15 is 0 Å². The minimum absolute atomic E-state index is 0.0665. The third kappa shape index (κ3) is 2.90. The molecule has 0 saturated carbocycles. The van der Waals surface area contributed by atoms with Crippen LogP contribution < -0.4 is 11.1 Å². The first-order valence-corrected chi connectivity index (χ1v) is 6.26. The molecule has 6 heteroatoms. The van der Waals surface area contributed by atoms with Crippen LogP contribution >= 0.6 is 0 Å². The number of nitrogens with one attached hydrogen (secondary N) is 1.